The molecule has 5 heteroatoms. The summed E-state index contributed by atoms with van der Waals surface area (Å²) in [6, 6.07) is 6.85. The van der Waals surface area contributed by atoms with Crippen molar-refractivity contribution in [2.24, 2.45) is 0 Å². The van der Waals surface area contributed by atoms with Crippen LogP contribution in [0.5, 0.6) is 0 Å². The largest absolute Gasteiger partial charge is 0.465 e. The van der Waals surface area contributed by atoms with E-state index in [-0.39, 0.29) is 16.7 Å². The third kappa shape index (κ3) is 2.29. The Bertz CT molecular complexity index is 649. The van der Waals surface area contributed by atoms with Gasteiger partial charge in [0.1, 0.15) is 5.82 Å². The molecular formula is C13H10FNO3. The number of methoxy groups -OCH3 is 1. The molecule has 0 aliphatic carbocycles. The number of H-pyrrole nitrogens is 1. The van der Waals surface area contributed by atoms with E-state index >= 15 is 0 Å². The number of carbonyl (C=O) groups excluding carboxylic acids is 1. The molecule has 1 aromatic carbocycles. The quantitative estimate of drug-likeness (QED) is 0.825. The van der Waals surface area contributed by atoms with E-state index in [1.54, 1.807) is 6.07 Å². The summed E-state index contributed by atoms with van der Waals surface area (Å²) >= 11 is 0. The fourth-order valence-electron chi connectivity index (χ4n) is 1.61. The van der Waals surface area contributed by atoms with Gasteiger partial charge in [0, 0.05) is 17.8 Å². The standard InChI is InChI=1S/C13H10FNO3/c1-18-13(17)9-2-3-10(11(14)6-9)8-4-5-15-12(16)7-8/h2-7H,1H3,(H,15,16). The molecule has 1 N–H and O–H groups in total. The Balaban J connectivity index is 2.48. The summed E-state index contributed by atoms with van der Waals surface area (Å²) in [5, 5.41) is 0. The molecule has 0 amide bonds. The first kappa shape index (κ1) is 12.0. The molecule has 1 heterocycles. The SMILES string of the molecule is COC(=O)c1ccc(-c2cc[nH]c(=O)c2)c(F)c1. The maximum atomic E-state index is 13.8. The molecule has 1 aromatic heterocycles. The van der Waals surface area contributed by atoms with E-state index in [1.165, 1.54) is 31.5 Å². The number of pyridine rings is 1. The second-order valence-electron chi connectivity index (χ2n) is 3.63. The molecule has 2 rings (SSSR count). The Kier molecular flexibility index (Phi) is 3.23. The third-order valence-corrected chi connectivity index (χ3v) is 2.48. The summed E-state index contributed by atoms with van der Waals surface area (Å²) < 4.78 is 18.3. The smallest absolute Gasteiger partial charge is 0.337 e. The van der Waals surface area contributed by atoms with Gasteiger partial charge in [-0.3, -0.25) is 4.79 Å². The van der Waals surface area contributed by atoms with Gasteiger partial charge >= 0.3 is 5.97 Å². The first-order valence-corrected chi connectivity index (χ1v) is 5.19. The van der Waals surface area contributed by atoms with E-state index < -0.39 is 11.8 Å². The van der Waals surface area contributed by atoms with Crippen LogP contribution < -0.4 is 5.56 Å². The molecule has 0 unspecified atom stereocenters. The zero-order chi connectivity index (χ0) is 13.1. The van der Waals surface area contributed by atoms with E-state index in [0.29, 0.717) is 5.56 Å². The molecule has 2 aromatic rings. The number of carbonyl (C=O) groups is 1. The highest BCUT2D eigenvalue weighted by Crippen LogP contribution is 2.22. The fraction of sp³-hybridized carbons (Fsp3) is 0.0769. The lowest BCUT2D eigenvalue weighted by atomic mass is 10.0. The zero-order valence-electron chi connectivity index (χ0n) is 9.57. The predicted molar refractivity (Wildman–Crippen MR) is 63.8 cm³/mol. The molecular weight excluding hydrogens is 237 g/mol. The zero-order valence-corrected chi connectivity index (χ0v) is 9.57. The Morgan fingerprint density at radius 3 is 2.67 bits per heavy atom. The van der Waals surface area contributed by atoms with E-state index in [1.807, 2.05) is 0 Å². The minimum Gasteiger partial charge on any atom is -0.465 e. The molecule has 0 saturated carbocycles. The molecule has 0 saturated heterocycles. The highest BCUT2D eigenvalue weighted by molar-refractivity contribution is 5.90. The van der Waals surface area contributed by atoms with Crippen molar-refractivity contribution >= 4 is 5.97 Å². The molecule has 0 spiro atoms. The molecule has 18 heavy (non-hydrogen) atoms. The van der Waals surface area contributed by atoms with Crippen molar-refractivity contribution in [3.8, 4) is 11.1 Å². The second kappa shape index (κ2) is 4.83. The van der Waals surface area contributed by atoms with Gasteiger partial charge in [-0.05, 0) is 23.8 Å². The van der Waals surface area contributed by atoms with Gasteiger partial charge in [-0.2, -0.15) is 0 Å². The monoisotopic (exact) mass is 247 g/mol. The van der Waals surface area contributed by atoms with Crippen LogP contribution in [0.1, 0.15) is 10.4 Å². The molecule has 4 nitrogen and oxygen atoms in total. The minimum atomic E-state index is -0.605. The van der Waals surface area contributed by atoms with E-state index in [9.17, 15) is 14.0 Å². The van der Waals surface area contributed by atoms with Gasteiger partial charge in [-0.15, -0.1) is 0 Å². The van der Waals surface area contributed by atoms with Gasteiger partial charge in [0.2, 0.25) is 5.56 Å². The lowest BCUT2D eigenvalue weighted by Gasteiger charge is -2.05. The van der Waals surface area contributed by atoms with Crippen molar-refractivity contribution in [1.29, 1.82) is 0 Å². The van der Waals surface area contributed by atoms with Crippen LogP contribution >= 0.6 is 0 Å². The molecule has 0 radical (unpaired) electrons. The molecule has 92 valence electrons. The molecule has 0 aliphatic heterocycles. The topological polar surface area (TPSA) is 59.2 Å². The first-order chi connectivity index (χ1) is 8.61. The fourth-order valence-corrected chi connectivity index (χ4v) is 1.61. The van der Waals surface area contributed by atoms with Gasteiger partial charge in [0.15, 0.2) is 0 Å². The van der Waals surface area contributed by atoms with Crippen molar-refractivity contribution < 1.29 is 13.9 Å². The summed E-state index contributed by atoms with van der Waals surface area (Å²) in [7, 11) is 1.23. The van der Waals surface area contributed by atoms with E-state index in [2.05, 4.69) is 9.72 Å². The van der Waals surface area contributed by atoms with Crippen molar-refractivity contribution in [2.45, 2.75) is 0 Å². The highest BCUT2D eigenvalue weighted by atomic mass is 19.1. The van der Waals surface area contributed by atoms with Crippen LogP contribution in [0.4, 0.5) is 4.39 Å². The minimum absolute atomic E-state index is 0.128. The number of hydrogen-bond donors (Lipinski definition) is 1. The van der Waals surface area contributed by atoms with Crippen molar-refractivity contribution in [2.75, 3.05) is 7.11 Å². The third-order valence-electron chi connectivity index (χ3n) is 2.48. The molecule has 0 atom stereocenters. The molecule has 0 bridgehead atoms. The summed E-state index contributed by atoms with van der Waals surface area (Å²) in [4.78, 5) is 24.8. The van der Waals surface area contributed by atoms with Crippen LogP contribution in [0.3, 0.4) is 0 Å². The number of benzene rings is 1. The number of ether oxygens (including phenoxy) is 1. The van der Waals surface area contributed by atoms with Crippen molar-refractivity contribution in [3.05, 3.63) is 58.3 Å². The number of nitrogens with one attached hydrogen (secondary N) is 1. The van der Waals surface area contributed by atoms with Crippen molar-refractivity contribution in [1.82, 2.24) is 4.98 Å². The second-order valence-corrected chi connectivity index (χ2v) is 3.63. The summed E-state index contributed by atoms with van der Waals surface area (Å²) in [6.07, 6.45) is 1.44. The maximum Gasteiger partial charge on any atom is 0.337 e. The van der Waals surface area contributed by atoms with Gasteiger partial charge in [-0.25, -0.2) is 9.18 Å². The van der Waals surface area contributed by atoms with Gasteiger partial charge in [0.05, 0.1) is 12.7 Å². The van der Waals surface area contributed by atoms with Crippen molar-refractivity contribution in [3.63, 3.8) is 0 Å². The van der Waals surface area contributed by atoms with E-state index in [4.69, 9.17) is 0 Å². The Morgan fingerprint density at radius 2 is 2.06 bits per heavy atom. The normalized spacial score (nSPS) is 10.1. The van der Waals surface area contributed by atoms with Gasteiger partial charge in [0.25, 0.3) is 0 Å². The Hall–Kier alpha value is -2.43. The van der Waals surface area contributed by atoms with Crippen LogP contribution in [0.15, 0.2) is 41.3 Å². The lowest BCUT2D eigenvalue weighted by molar-refractivity contribution is 0.0600. The Labute approximate surface area is 102 Å². The number of hydrogen-bond acceptors (Lipinski definition) is 3. The summed E-state index contributed by atoms with van der Waals surface area (Å²) in [5.74, 6) is -1.19. The van der Waals surface area contributed by atoms with E-state index in [0.717, 1.165) is 6.07 Å². The number of aromatic amines is 1. The Morgan fingerprint density at radius 1 is 1.28 bits per heavy atom. The predicted octanol–water partition coefficient (Wildman–Crippen LogP) is 1.97. The lowest BCUT2D eigenvalue weighted by Crippen LogP contribution is -2.04. The first-order valence-electron chi connectivity index (χ1n) is 5.19. The summed E-state index contributed by atoms with van der Waals surface area (Å²) in [6.45, 7) is 0. The van der Waals surface area contributed by atoms with Gasteiger partial charge in [-0.1, -0.05) is 6.07 Å². The van der Waals surface area contributed by atoms with Crippen LogP contribution in [0, 0.1) is 5.82 Å². The van der Waals surface area contributed by atoms with Crippen LogP contribution in [-0.4, -0.2) is 18.1 Å². The van der Waals surface area contributed by atoms with Gasteiger partial charge < -0.3 is 9.72 Å². The number of rotatable bonds is 2. The molecule has 0 aliphatic rings. The number of esters is 1. The maximum absolute atomic E-state index is 13.8. The van der Waals surface area contributed by atoms with Crippen LogP contribution in [0.2, 0.25) is 0 Å². The van der Waals surface area contributed by atoms with Crippen LogP contribution in [0.25, 0.3) is 11.1 Å². The average molecular weight is 247 g/mol. The van der Waals surface area contributed by atoms with Crippen LogP contribution in [-0.2, 0) is 4.74 Å². The summed E-state index contributed by atoms with van der Waals surface area (Å²) in [5.41, 5.74) is 0.522. The average Bonchev–Trinajstić information content (AvgIpc) is 2.37. The molecule has 0 fully saturated rings. The number of halogens is 1. The highest BCUT2D eigenvalue weighted by Gasteiger charge is 2.11. The number of aromatic nitrogens is 1.